The van der Waals surface area contributed by atoms with Crippen LogP contribution in [0.4, 0.5) is 0 Å². The molecule has 0 saturated heterocycles. The number of phosphoric ester groups is 2. The first-order valence-electron chi connectivity index (χ1n) is 40.1. The Kier molecular flexibility index (Phi) is 72.4. The fourth-order valence-electron chi connectivity index (χ4n) is 10.2. The molecule has 0 aromatic carbocycles. The van der Waals surface area contributed by atoms with Crippen LogP contribution < -0.4 is 0 Å². The molecule has 0 aromatic rings. The van der Waals surface area contributed by atoms with E-state index in [9.17, 15) is 43.2 Å². The first-order valence-corrected chi connectivity index (χ1v) is 43.1. The summed E-state index contributed by atoms with van der Waals surface area (Å²) >= 11 is 0. The number of hydrogen-bond donors (Lipinski definition) is 3. The lowest BCUT2D eigenvalue weighted by atomic mass is 10.1. The highest BCUT2D eigenvalue weighted by molar-refractivity contribution is 7.47. The van der Waals surface area contributed by atoms with Gasteiger partial charge in [0.1, 0.15) is 19.3 Å². The van der Waals surface area contributed by atoms with E-state index < -0.39 is 97.5 Å². The van der Waals surface area contributed by atoms with Gasteiger partial charge in [-0.25, -0.2) is 9.13 Å². The molecule has 17 nitrogen and oxygen atoms in total. The SMILES string of the molecule is CC/C=C\C/C=C\C/C=C\C/C=C\C/C=C\CCCC(=O)OCC(COP(=O)(O)OCC(O)COP(=O)(O)OCC(COC(=O)CCCCCCCC/C=C\C/C=C\C/C=C\CCCCC)OC(=O)CCCCCCC/C=C\C/C=C\C/C=C\CC)OC(=O)CCCCCCC/C=C\CCCCCC. The van der Waals surface area contributed by atoms with Crippen LogP contribution in [0.1, 0.15) is 310 Å². The summed E-state index contributed by atoms with van der Waals surface area (Å²) in [5.41, 5.74) is 0. The van der Waals surface area contributed by atoms with Crippen molar-refractivity contribution in [1.82, 2.24) is 0 Å². The van der Waals surface area contributed by atoms with Gasteiger partial charge in [0.25, 0.3) is 0 Å². The van der Waals surface area contributed by atoms with Crippen LogP contribution in [0.15, 0.2) is 146 Å². The highest BCUT2D eigenvalue weighted by Gasteiger charge is 2.30. The topological polar surface area (TPSA) is 237 Å². The van der Waals surface area contributed by atoms with E-state index in [1.54, 1.807) is 0 Å². The van der Waals surface area contributed by atoms with Crippen molar-refractivity contribution < 1.29 is 80.2 Å². The molecule has 0 rings (SSSR count). The van der Waals surface area contributed by atoms with Gasteiger partial charge in [0.05, 0.1) is 26.4 Å². The minimum absolute atomic E-state index is 0.0673. The van der Waals surface area contributed by atoms with Crippen LogP contribution in [0.3, 0.4) is 0 Å². The second kappa shape index (κ2) is 76.1. The van der Waals surface area contributed by atoms with E-state index in [4.69, 9.17) is 37.0 Å². The molecule has 5 atom stereocenters. The van der Waals surface area contributed by atoms with Gasteiger partial charge in [0, 0.05) is 25.7 Å². The van der Waals surface area contributed by atoms with Gasteiger partial charge in [0.2, 0.25) is 0 Å². The van der Waals surface area contributed by atoms with Crippen molar-refractivity contribution in [1.29, 1.82) is 0 Å². The quantitative estimate of drug-likeness (QED) is 0.0169. The minimum atomic E-state index is -5.00. The smallest absolute Gasteiger partial charge is 0.462 e. The molecule has 0 aliphatic rings. The van der Waals surface area contributed by atoms with Crippen LogP contribution >= 0.6 is 15.6 Å². The van der Waals surface area contributed by atoms with Crippen LogP contribution in [0.2, 0.25) is 0 Å². The van der Waals surface area contributed by atoms with Crippen LogP contribution in [-0.2, 0) is 65.4 Å². The highest BCUT2D eigenvalue weighted by Crippen LogP contribution is 2.45. The fraction of sp³-hybridized carbons (Fsp3) is 0.671. The Morgan fingerprint density at radius 1 is 0.279 bits per heavy atom. The molecule has 0 saturated carbocycles. The van der Waals surface area contributed by atoms with Crippen LogP contribution in [0.25, 0.3) is 0 Å². The summed E-state index contributed by atoms with van der Waals surface area (Å²) in [4.78, 5) is 73.0. The van der Waals surface area contributed by atoms with E-state index in [0.29, 0.717) is 32.1 Å². The molecular weight excluding hydrogens is 1350 g/mol. The number of aliphatic hydroxyl groups excluding tert-OH is 1. The van der Waals surface area contributed by atoms with Gasteiger partial charge in [-0.05, 0) is 161 Å². The normalized spacial score (nSPS) is 14.6. The molecule has 0 spiro atoms. The third kappa shape index (κ3) is 75.2. The average molecular weight is 1500 g/mol. The molecule has 0 bridgehead atoms. The van der Waals surface area contributed by atoms with Crippen LogP contribution in [0, 0.1) is 0 Å². The molecule has 0 fully saturated rings. The number of phosphoric acid groups is 2. The molecule has 19 heteroatoms. The summed E-state index contributed by atoms with van der Waals surface area (Å²) in [6.07, 6.45) is 86.9. The first-order chi connectivity index (χ1) is 50.7. The van der Waals surface area contributed by atoms with Crippen molar-refractivity contribution in [3.63, 3.8) is 0 Å². The maximum atomic E-state index is 13.1. The number of carbonyl (C=O) groups excluding carboxylic acids is 4. The Balaban J connectivity index is 5.43. The highest BCUT2D eigenvalue weighted by atomic mass is 31.2. The Labute approximate surface area is 630 Å². The summed E-state index contributed by atoms with van der Waals surface area (Å²) < 4.78 is 68.5. The zero-order valence-electron chi connectivity index (χ0n) is 64.9. The number of aliphatic hydroxyl groups is 1. The van der Waals surface area contributed by atoms with Crippen molar-refractivity contribution in [2.45, 2.75) is 329 Å². The molecule has 0 radical (unpaired) electrons. The summed E-state index contributed by atoms with van der Waals surface area (Å²) in [6.45, 7) is 4.50. The molecule has 0 aliphatic heterocycles. The van der Waals surface area contributed by atoms with E-state index in [1.807, 2.05) is 12.2 Å². The lowest BCUT2D eigenvalue weighted by Gasteiger charge is -2.21. The van der Waals surface area contributed by atoms with Crippen molar-refractivity contribution in [3.8, 4) is 0 Å². The number of unbranched alkanes of at least 4 members (excludes halogenated alkanes) is 24. The van der Waals surface area contributed by atoms with Crippen molar-refractivity contribution in [2.75, 3.05) is 39.6 Å². The van der Waals surface area contributed by atoms with Gasteiger partial charge in [-0.2, -0.15) is 0 Å². The summed E-state index contributed by atoms with van der Waals surface area (Å²) in [5, 5.41) is 10.6. The van der Waals surface area contributed by atoms with Crippen LogP contribution in [0.5, 0.6) is 0 Å². The lowest BCUT2D eigenvalue weighted by Crippen LogP contribution is -2.30. The minimum Gasteiger partial charge on any atom is -0.462 e. The van der Waals surface area contributed by atoms with Gasteiger partial charge < -0.3 is 33.8 Å². The molecule has 0 aliphatic carbocycles. The van der Waals surface area contributed by atoms with Crippen molar-refractivity contribution in [3.05, 3.63) is 146 Å². The van der Waals surface area contributed by atoms with E-state index >= 15 is 0 Å². The van der Waals surface area contributed by atoms with Crippen LogP contribution in [-0.4, -0.2) is 96.7 Å². The third-order valence-corrected chi connectivity index (χ3v) is 18.2. The molecule has 594 valence electrons. The van der Waals surface area contributed by atoms with E-state index in [1.165, 1.54) is 44.9 Å². The zero-order chi connectivity index (χ0) is 76.0. The van der Waals surface area contributed by atoms with Gasteiger partial charge in [-0.15, -0.1) is 0 Å². The number of allylic oxidation sites excluding steroid dienone is 24. The number of ether oxygens (including phenoxy) is 4. The van der Waals surface area contributed by atoms with Gasteiger partial charge in [-0.1, -0.05) is 270 Å². The Bertz CT molecular complexity index is 2540. The first kappa shape index (κ1) is 98.9. The van der Waals surface area contributed by atoms with Gasteiger partial charge in [0.15, 0.2) is 12.2 Å². The predicted octanol–water partition coefficient (Wildman–Crippen LogP) is 23.4. The zero-order valence-corrected chi connectivity index (χ0v) is 66.7. The molecule has 0 aromatic heterocycles. The molecule has 104 heavy (non-hydrogen) atoms. The largest absolute Gasteiger partial charge is 0.472 e. The summed E-state index contributed by atoms with van der Waals surface area (Å²) in [5.74, 6) is -2.29. The predicted molar refractivity (Wildman–Crippen MR) is 427 cm³/mol. The number of rotatable bonds is 74. The molecule has 0 heterocycles. The second-order valence-corrected chi connectivity index (χ2v) is 29.1. The Morgan fingerprint density at radius 2 is 0.510 bits per heavy atom. The van der Waals surface area contributed by atoms with Crippen molar-refractivity contribution in [2.24, 2.45) is 0 Å². The number of esters is 4. The lowest BCUT2D eigenvalue weighted by molar-refractivity contribution is -0.161. The van der Waals surface area contributed by atoms with Gasteiger partial charge in [-0.3, -0.25) is 37.3 Å². The number of hydrogen-bond acceptors (Lipinski definition) is 15. The van der Waals surface area contributed by atoms with E-state index in [0.717, 1.165) is 180 Å². The van der Waals surface area contributed by atoms with Crippen molar-refractivity contribution >= 4 is 39.5 Å². The van der Waals surface area contributed by atoms with E-state index in [-0.39, 0.29) is 25.7 Å². The molecule has 0 amide bonds. The second-order valence-electron chi connectivity index (χ2n) is 26.2. The molecule has 3 N–H and O–H groups in total. The fourth-order valence-corrected chi connectivity index (χ4v) is 11.8. The molecular formula is C85H142O17P2. The monoisotopic (exact) mass is 1500 g/mol. The van der Waals surface area contributed by atoms with Gasteiger partial charge >= 0.3 is 39.5 Å². The summed E-state index contributed by atoms with van der Waals surface area (Å²) in [6, 6.07) is 0. The maximum Gasteiger partial charge on any atom is 0.472 e. The number of carbonyl (C=O) groups is 4. The Hall–Kier alpha value is -5.06. The third-order valence-electron chi connectivity index (χ3n) is 16.3. The standard InChI is InChI=1S/C85H142O17P2/c1-5-9-13-17-21-25-29-33-36-38-39-41-44-47-50-54-58-62-66-70-83(88)96-76-81(102-85(90)72-68-64-60-56-52-48-42-35-31-27-23-19-15-11-7-3)78-100-104(93,94)98-74-79(86)73-97-103(91,92)99-77-80(101-84(89)71-67-63-59-55-51-45-32-28-24-20-16-12-8-4)75-95-82(87)69-65-61-57-53-49-46-43-40-37-34-30-26-22-18-14-10-6-2/h10-11,14-15,21-23,25-28,32-37,39,41-43,46,53,57,79-81,86H,5-9,12-13,16-20,24,29-31,38,40,44-45,47-52,54-56,58-78H2,1-4H3,(H,91,92)(H,93,94)/b14-10-,15-11-,25-21-,26-22-,27-23-,32-28-,36-33-,37-34-,41-39-,42-35-,46-43-,57-53-. The Morgan fingerprint density at radius 3 is 0.837 bits per heavy atom. The summed E-state index contributed by atoms with van der Waals surface area (Å²) in [7, 11) is -9.99. The van der Waals surface area contributed by atoms with E-state index in [2.05, 4.69) is 161 Å². The maximum absolute atomic E-state index is 13.1. The molecule has 5 unspecified atom stereocenters. The average Bonchev–Trinajstić information content (AvgIpc) is 0.918.